The zero-order valence-corrected chi connectivity index (χ0v) is 27.6. The summed E-state index contributed by atoms with van der Waals surface area (Å²) < 4.78 is 13.0. The predicted octanol–water partition coefficient (Wildman–Crippen LogP) is 6.52. The fourth-order valence-electron chi connectivity index (χ4n) is 6.57. The fraction of sp³-hybridized carbons (Fsp3) is 0.562. The maximum atomic E-state index is 13.3. The first kappa shape index (κ1) is 32.8. The van der Waals surface area contributed by atoms with Gasteiger partial charge < -0.3 is 19.8 Å². The first-order valence-electron chi connectivity index (χ1n) is 14.6. The van der Waals surface area contributed by atoms with Crippen LogP contribution >= 0.6 is 23.2 Å². The summed E-state index contributed by atoms with van der Waals surface area (Å²) in [7, 11) is 0.833. The van der Waals surface area contributed by atoms with Gasteiger partial charge in [-0.1, -0.05) is 60.5 Å². The Hall–Kier alpha value is -2.13. The van der Waals surface area contributed by atoms with Crippen LogP contribution in [0.15, 0.2) is 42.5 Å². The zero-order chi connectivity index (χ0) is 30.9. The van der Waals surface area contributed by atoms with E-state index < -0.39 is 27.8 Å². The number of carbonyl (C=O) groups is 2. The van der Waals surface area contributed by atoms with Crippen molar-refractivity contribution in [3.8, 4) is 0 Å². The molecule has 0 bridgehead atoms. The summed E-state index contributed by atoms with van der Waals surface area (Å²) in [6.07, 6.45) is 1.56. The van der Waals surface area contributed by atoms with Crippen molar-refractivity contribution in [1.29, 1.82) is 0 Å². The van der Waals surface area contributed by atoms with E-state index in [4.69, 9.17) is 23.2 Å². The lowest BCUT2D eigenvalue weighted by atomic mass is 9.75. The van der Waals surface area contributed by atoms with Gasteiger partial charge >= 0.3 is 6.09 Å². The van der Waals surface area contributed by atoms with E-state index in [2.05, 4.69) is 17.0 Å². The van der Waals surface area contributed by atoms with Crippen molar-refractivity contribution in [1.82, 2.24) is 14.7 Å². The molecule has 1 unspecified atom stereocenters. The molecule has 0 aliphatic carbocycles. The Morgan fingerprint density at radius 3 is 2.31 bits per heavy atom. The van der Waals surface area contributed by atoms with Gasteiger partial charge in [0.2, 0.25) is 5.91 Å². The number of hydrogen-bond acceptors (Lipinski definition) is 4. The minimum absolute atomic E-state index is 0.0145. The number of likely N-dealkylation sites (tertiary alicyclic amines) is 1. The van der Waals surface area contributed by atoms with Gasteiger partial charge in [-0.3, -0.25) is 9.00 Å². The van der Waals surface area contributed by atoms with E-state index in [0.29, 0.717) is 41.7 Å². The molecule has 0 aromatic heterocycles. The Morgan fingerprint density at radius 2 is 1.71 bits per heavy atom. The summed E-state index contributed by atoms with van der Waals surface area (Å²) in [6, 6.07) is 13.8. The van der Waals surface area contributed by atoms with Gasteiger partial charge in [0, 0.05) is 54.1 Å². The van der Waals surface area contributed by atoms with Gasteiger partial charge in [-0.2, -0.15) is 0 Å². The molecule has 2 aliphatic heterocycles. The Balaban J connectivity index is 1.66. The molecule has 230 valence electrons. The third kappa shape index (κ3) is 6.67. The Labute approximate surface area is 262 Å². The molecule has 1 fully saturated rings. The van der Waals surface area contributed by atoms with Crippen molar-refractivity contribution < 1.29 is 18.9 Å². The van der Waals surface area contributed by atoms with Crippen molar-refractivity contribution in [3.05, 3.63) is 69.2 Å². The van der Waals surface area contributed by atoms with Crippen molar-refractivity contribution in [3.63, 3.8) is 0 Å². The third-order valence-electron chi connectivity index (χ3n) is 9.10. The maximum Gasteiger partial charge on any atom is 0.407 e. The molecule has 7 nitrogen and oxygen atoms in total. The average Bonchev–Trinajstić information content (AvgIpc) is 3.21. The number of benzene rings is 2. The summed E-state index contributed by atoms with van der Waals surface area (Å²) in [4.78, 5) is 31.0. The second-order valence-electron chi connectivity index (χ2n) is 12.8. The van der Waals surface area contributed by atoms with E-state index in [1.807, 2.05) is 52.0 Å². The minimum Gasteiger partial charge on any atom is -0.465 e. The van der Waals surface area contributed by atoms with Crippen LogP contribution in [0.25, 0.3) is 0 Å². The van der Waals surface area contributed by atoms with Crippen LogP contribution < -0.4 is 0 Å². The molecule has 1 N–H and O–H groups in total. The molecule has 4 rings (SSSR count). The number of rotatable bonds is 9. The fourth-order valence-corrected chi connectivity index (χ4v) is 8.76. The highest BCUT2D eigenvalue weighted by molar-refractivity contribution is 7.85. The van der Waals surface area contributed by atoms with Crippen LogP contribution in [-0.4, -0.2) is 81.3 Å². The van der Waals surface area contributed by atoms with Crippen LogP contribution in [-0.2, 0) is 31.5 Å². The predicted molar refractivity (Wildman–Crippen MR) is 171 cm³/mol. The molecule has 2 aliphatic rings. The smallest absolute Gasteiger partial charge is 0.407 e. The number of likely N-dealkylation sites (N-methyl/N-ethyl adjacent to an activating group) is 1. The molecular formula is C32H43Cl2N3O4S. The van der Waals surface area contributed by atoms with Crippen LogP contribution in [0.4, 0.5) is 4.79 Å². The topological polar surface area (TPSA) is 81.2 Å². The van der Waals surface area contributed by atoms with Gasteiger partial charge in [0.25, 0.3) is 0 Å². The van der Waals surface area contributed by atoms with Crippen LogP contribution in [0.3, 0.4) is 0 Å². The molecule has 1 spiro atoms. The number of amides is 2. The lowest BCUT2D eigenvalue weighted by molar-refractivity contribution is -0.130. The summed E-state index contributed by atoms with van der Waals surface area (Å²) >= 11 is 12.8. The number of nitrogens with zero attached hydrogens (tertiary/aromatic N) is 3. The normalized spacial score (nSPS) is 19.7. The van der Waals surface area contributed by atoms with Gasteiger partial charge in [0.1, 0.15) is 0 Å². The van der Waals surface area contributed by atoms with Crippen molar-refractivity contribution in [2.75, 3.05) is 39.8 Å². The number of carboxylic acid groups (broad SMARTS) is 1. The SMILES string of the molecule is CCC(=O)N(C)CC(CCN1CCC2(CC1)c1ccccc1C[S@]2=O)(CN(C(=O)O)C(C)(C)C)c1ccc(Cl)c(Cl)c1. The summed E-state index contributed by atoms with van der Waals surface area (Å²) in [5, 5.41) is 11.1. The second kappa shape index (κ2) is 12.8. The lowest BCUT2D eigenvalue weighted by Gasteiger charge is -2.46. The molecular weight excluding hydrogens is 593 g/mol. The average molecular weight is 637 g/mol. The lowest BCUT2D eigenvalue weighted by Crippen LogP contribution is -2.56. The first-order chi connectivity index (χ1) is 19.7. The van der Waals surface area contributed by atoms with Gasteiger partial charge in [-0.05, 0) is 88.5 Å². The van der Waals surface area contributed by atoms with E-state index in [9.17, 15) is 18.9 Å². The molecule has 42 heavy (non-hydrogen) atoms. The number of carbonyl (C=O) groups excluding carboxylic acids is 1. The van der Waals surface area contributed by atoms with Crippen LogP contribution in [0.2, 0.25) is 10.0 Å². The van der Waals surface area contributed by atoms with E-state index in [0.717, 1.165) is 31.5 Å². The summed E-state index contributed by atoms with van der Waals surface area (Å²) in [5.41, 5.74) is 1.86. The van der Waals surface area contributed by atoms with Crippen molar-refractivity contribution in [2.24, 2.45) is 0 Å². The summed E-state index contributed by atoms with van der Waals surface area (Å²) in [5.74, 6) is 0.603. The number of piperidine rings is 1. The maximum absolute atomic E-state index is 13.3. The molecule has 10 heteroatoms. The third-order valence-corrected chi connectivity index (χ3v) is 11.9. The monoisotopic (exact) mass is 635 g/mol. The van der Waals surface area contributed by atoms with E-state index in [1.54, 1.807) is 18.0 Å². The Bertz CT molecular complexity index is 1340. The summed E-state index contributed by atoms with van der Waals surface area (Å²) in [6.45, 7) is 10.3. The van der Waals surface area contributed by atoms with Crippen LogP contribution in [0.5, 0.6) is 0 Å². The molecule has 2 heterocycles. The number of halogens is 2. The van der Waals surface area contributed by atoms with Gasteiger partial charge in [-0.15, -0.1) is 0 Å². The minimum atomic E-state index is -1.02. The Morgan fingerprint density at radius 1 is 1.05 bits per heavy atom. The number of fused-ring (bicyclic) bond motifs is 2. The highest BCUT2D eigenvalue weighted by Crippen LogP contribution is 2.47. The van der Waals surface area contributed by atoms with E-state index >= 15 is 0 Å². The highest BCUT2D eigenvalue weighted by atomic mass is 35.5. The van der Waals surface area contributed by atoms with Gasteiger partial charge in [-0.25, -0.2) is 4.79 Å². The van der Waals surface area contributed by atoms with E-state index in [1.165, 1.54) is 16.0 Å². The first-order valence-corrected chi connectivity index (χ1v) is 16.7. The molecule has 0 radical (unpaired) electrons. The highest BCUT2D eigenvalue weighted by Gasteiger charge is 2.47. The quantitative estimate of drug-likeness (QED) is 0.339. The molecule has 2 amide bonds. The van der Waals surface area contributed by atoms with Crippen LogP contribution in [0.1, 0.15) is 70.1 Å². The Kier molecular flexibility index (Phi) is 10.0. The second-order valence-corrected chi connectivity index (χ2v) is 15.4. The zero-order valence-electron chi connectivity index (χ0n) is 25.3. The van der Waals surface area contributed by atoms with Gasteiger partial charge in [0.15, 0.2) is 0 Å². The van der Waals surface area contributed by atoms with Gasteiger partial charge in [0.05, 0.1) is 14.8 Å². The van der Waals surface area contributed by atoms with E-state index in [-0.39, 0.29) is 17.2 Å². The van der Waals surface area contributed by atoms with Crippen molar-refractivity contribution >= 4 is 46.0 Å². The molecule has 2 aromatic carbocycles. The van der Waals surface area contributed by atoms with Crippen molar-refractivity contribution in [2.45, 2.75) is 74.8 Å². The molecule has 2 aromatic rings. The molecule has 2 atom stereocenters. The largest absolute Gasteiger partial charge is 0.465 e. The molecule has 0 saturated carbocycles. The molecule has 1 saturated heterocycles. The number of hydrogen-bond donors (Lipinski definition) is 1. The van der Waals surface area contributed by atoms with Crippen LogP contribution in [0, 0.1) is 0 Å². The standard InChI is InChI=1S/C32H43Cl2N3O4S/c1-6-28(38)35(5)21-31(22-37(29(39)40)30(2,3)4,24-11-12-26(33)27(34)19-24)13-16-36-17-14-32(15-18-36)25-10-8-7-9-23(25)20-42(32)41/h7-12,19H,6,13-18,20-22H2,1-5H3,(H,39,40)/t31?,42-/m1/s1.